The van der Waals surface area contributed by atoms with Crippen LogP contribution in [0.4, 0.5) is 0 Å². The average Bonchev–Trinajstić information content (AvgIpc) is 2.72. The van der Waals surface area contributed by atoms with Crippen molar-refractivity contribution in [2.45, 2.75) is 246 Å². The molecule has 0 unspecified atom stereocenters. The van der Waals surface area contributed by atoms with Crippen molar-refractivity contribution in [1.82, 2.24) is 0 Å². The second-order valence-electron chi connectivity index (χ2n) is 23.5. The van der Waals surface area contributed by atoms with E-state index in [4.69, 9.17) is 17.0 Å². The van der Waals surface area contributed by atoms with E-state index in [0.717, 1.165) is 13.2 Å². The van der Waals surface area contributed by atoms with Crippen LogP contribution in [0.5, 0.6) is 0 Å². The molecule has 0 aromatic carbocycles. The minimum absolute atomic E-state index is 0.128. The van der Waals surface area contributed by atoms with Crippen LogP contribution >= 0.6 is 0 Å². The molecule has 0 fully saturated rings. The van der Waals surface area contributed by atoms with Gasteiger partial charge in [0.25, 0.3) is 0 Å². The summed E-state index contributed by atoms with van der Waals surface area (Å²) in [4.78, 5) is 0. The molecule has 0 amide bonds. The molecule has 0 bridgehead atoms. The molecule has 0 aliphatic rings. The van der Waals surface area contributed by atoms with Crippen LogP contribution in [0.2, 0.25) is 45.3 Å². The van der Waals surface area contributed by atoms with Gasteiger partial charge >= 0.3 is 194 Å². The molecule has 1 N–H and O–H groups in total. The summed E-state index contributed by atoms with van der Waals surface area (Å²) in [6, 6.07) is 0. The minimum atomic E-state index is -2.10. The zero-order valence-electron chi connectivity index (χ0n) is 38.7. The molecule has 0 aliphatic heterocycles. The van der Waals surface area contributed by atoms with Gasteiger partial charge in [0.15, 0.2) is 0 Å². The van der Waals surface area contributed by atoms with Crippen LogP contribution in [0.1, 0.15) is 201 Å². The first-order chi connectivity index (χ1) is 20.4. The molecule has 0 heterocycles. The van der Waals surface area contributed by atoms with Gasteiger partial charge in [0.05, 0.1) is 0 Å². The Bertz CT molecular complexity index is 868. The first kappa shape index (κ1) is 53.1. The van der Waals surface area contributed by atoms with Gasteiger partial charge in [-0.3, -0.25) is 0 Å². The van der Waals surface area contributed by atoms with E-state index in [1.165, 1.54) is 0 Å². The summed E-state index contributed by atoms with van der Waals surface area (Å²) in [6.45, 7) is 69.6. The number of nitrogens with zero attached hydrogens (tertiary/aromatic N) is 2. The van der Waals surface area contributed by atoms with Crippen molar-refractivity contribution in [2.75, 3.05) is 13.2 Å². The second kappa shape index (κ2) is 16.8. The standard InChI is InChI=1S/C12H28NSi.2C12H27NSi.C4H10O.V/c3*1-10(2,3)14(13,11(4,5)6)12(7,8)9;1-3-5-4-2;/h13H,1-9H3;2*1-9H3;3-4H2,1-2H3;/q-1;;;;. The molecule has 0 saturated carbocycles. The van der Waals surface area contributed by atoms with E-state index in [9.17, 15) is 0 Å². The first-order valence-electron chi connectivity index (χ1n) is 18.8. The largest absolute Gasteiger partial charge is 0.382 e. The Kier molecular flexibility index (Phi) is 18.6. The van der Waals surface area contributed by atoms with Crippen molar-refractivity contribution >= 4 is 24.7 Å². The Hall–Kier alpha value is 0.755. The molecule has 0 atom stereocenters. The molecule has 8 heteroatoms. The van der Waals surface area contributed by atoms with E-state index in [1.807, 2.05) is 13.8 Å². The van der Waals surface area contributed by atoms with E-state index in [1.54, 1.807) is 0 Å². The van der Waals surface area contributed by atoms with Gasteiger partial charge in [-0.1, -0.05) is 77.4 Å². The third-order valence-corrected chi connectivity index (χ3v) is 34.9. The Balaban J connectivity index is -0.000000877. The van der Waals surface area contributed by atoms with Crippen LogP contribution in [-0.2, 0) is 20.7 Å². The SMILES string of the molecule is CC(C)(C)[Si]([NH-])(C(C)(C)C)C(C)(C)C.CC(C)(C)[Si]([N]=[V]=[N][Si](C(C)(C)C)(C(C)(C)C)C(C)(C)C)(C(C)(C)C)C(C)(C)C.CCOCC. The molecule has 0 saturated heterocycles. The van der Waals surface area contributed by atoms with Gasteiger partial charge in [-0.25, -0.2) is 0 Å². The fourth-order valence-electron chi connectivity index (χ4n) is 11.4. The predicted octanol–water partition coefficient (Wildman–Crippen LogP) is 16.6. The van der Waals surface area contributed by atoms with Crippen molar-refractivity contribution in [3.63, 3.8) is 0 Å². The third-order valence-electron chi connectivity index (χ3n) is 10.7. The molecular weight excluding hydrogens is 674 g/mol. The monoisotopic (exact) mass is 766 g/mol. The summed E-state index contributed by atoms with van der Waals surface area (Å²) < 4.78 is 16.4. The molecule has 0 aromatic heterocycles. The average molecular weight is 766 g/mol. The summed E-state index contributed by atoms with van der Waals surface area (Å²) in [5, 5.41) is 10.6. The van der Waals surface area contributed by atoms with E-state index in [-0.39, 0.29) is 45.3 Å². The molecule has 48 heavy (non-hydrogen) atoms. The predicted molar refractivity (Wildman–Crippen MR) is 226 cm³/mol. The van der Waals surface area contributed by atoms with Gasteiger partial charge in [0.2, 0.25) is 0 Å². The van der Waals surface area contributed by atoms with Gasteiger partial charge < -0.3 is 10.1 Å². The van der Waals surface area contributed by atoms with Crippen LogP contribution in [-0.4, -0.2) is 37.9 Å². The molecule has 0 spiro atoms. The Labute approximate surface area is 315 Å². The second-order valence-corrected chi connectivity index (χ2v) is 43.9. The van der Waals surface area contributed by atoms with Crippen LogP contribution < -0.4 is 0 Å². The summed E-state index contributed by atoms with van der Waals surface area (Å²) in [6.07, 6.45) is 0. The topological polar surface area (TPSA) is 57.8 Å². The quantitative estimate of drug-likeness (QED) is 0.263. The van der Waals surface area contributed by atoms with Crippen LogP contribution in [0.15, 0.2) is 6.91 Å². The number of ether oxygens (including phenoxy) is 1. The first-order valence-corrected chi connectivity index (χ1v) is 26.0. The van der Waals surface area contributed by atoms with Crippen LogP contribution in [0.25, 0.3) is 5.40 Å². The van der Waals surface area contributed by atoms with Gasteiger partial charge in [0, 0.05) is 13.2 Å². The summed E-state index contributed by atoms with van der Waals surface area (Å²) in [7, 11) is -6.27. The van der Waals surface area contributed by atoms with E-state index >= 15 is 0 Å². The zero-order chi connectivity index (χ0) is 40.2. The summed E-state index contributed by atoms with van der Waals surface area (Å²) >= 11 is -0.394. The fraction of sp³-hybridized carbons (Fsp3) is 1.00. The van der Waals surface area contributed by atoms with Crippen molar-refractivity contribution in [1.29, 1.82) is 0 Å². The van der Waals surface area contributed by atoms with Crippen molar-refractivity contribution in [3.8, 4) is 0 Å². The molecule has 0 aliphatic carbocycles. The number of nitrogens with one attached hydrogen (secondary N) is 1. The third kappa shape index (κ3) is 11.6. The van der Waals surface area contributed by atoms with Crippen LogP contribution in [0.3, 0.4) is 0 Å². The molecule has 0 rings (SSSR count). The number of hydrogen-bond acceptors (Lipinski definition) is 3. The maximum absolute atomic E-state index is 9.01. The van der Waals surface area contributed by atoms with E-state index in [0.29, 0.717) is 0 Å². The molecule has 0 radical (unpaired) electrons. The van der Waals surface area contributed by atoms with Crippen molar-refractivity contribution in [3.05, 3.63) is 5.40 Å². The van der Waals surface area contributed by atoms with Crippen molar-refractivity contribution < 1.29 is 20.7 Å². The van der Waals surface area contributed by atoms with Crippen LogP contribution in [0, 0.1) is 0 Å². The van der Waals surface area contributed by atoms with Gasteiger partial charge in [-0.15, -0.1) is 0 Å². The van der Waals surface area contributed by atoms with Gasteiger partial charge in [-0.05, 0) is 22.1 Å². The maximum atomic E-state index is 9.01. The maximum Gasteiger partial charge on any atom is 0.0437 e. The molecule has 291 valence electrons. The van der Waals surface area contributed by atoms with E-state index < -0.39 is 40.6 Å². The number of hydrogen-bond donors (Lipinski definition) is 0. The smallest absolute Gasteiger partial charge is 0.0437 e. The normalized spacial score (nSPS) is 15.0. The molecule has 4 nitrogen and oxygen atoms in total. The Morgan fingerprint density at radius 3 is 0.604 bits per heavy atom. The summed E-state index contributed by atoms with van der Waals surface area (Å²) in [5.41, 5.74) is 0. The van der Waals surface area contributed by atoms with Gasteiger partial charge in [-0.2, -0.15) is 0 Å². The number of rotatable bonds is 4. The van der Waals surface area contributed by atoms with E-state index in [2.05, 4.69) is 187 Å². The fourth-order valence-corrected chi connectivity index (χ4v) is 44.2. The Morgan fingerprint density at radius 2 is 0.542 bits per heavy atom. The zero-order valence-corrected chi connectivity index (χ0v) is 43.1. The molecule has 0 aromatic rings. The Morgan fingerprint density at radius 1 is 0.375 bits per heavy atom. The van der Waals surface area contributed by atoms with Crippen molar-refractivity contribution in [2.24, 2.45) is 6.91 Å². The van der Waals surface area contributed by atoms with Gasteiger partial charge in [0.1, 0.15) is 0 Å². The minimum Gasteiger partial charge on any atom is -0.382 e. The summed E-state index contributed by atoms with van der Waals surface area (Å²) in [5.74, 6) is 0. The molecular formula is C40H92N3OSi3V-.